The first-order valence-electron chi connectivity index (χ1n) is 9.04. The van der Waals surface area contributed by atoms with Crippen LogP contribution in [0.4, 0.5) is 0 Å². The number of hydrogen-bond acceptors (Lipinski definition) is 1. The van der Waals surface area contributed by atoms with Gasteiger partial charge in [-0.25, -0.2) is 0 Å². The lowest BCUT2D eigenvalue weighted by molar-refractivity contribution is -0.0283. The third-order valence-electron chi connectivity index (χ3n) is 4.71. The molecule has 122 valence electrons. The second-order valence-corrected chi connectivity index (χ2v) is 6.96. The van der Waals surface area contributed by atoms with E-state index in [4.69, 9.17) is 4.74 Å². The fourth-order valence-corrected chi connectivity index (χ4v) is 3.77. The topological polar surface area (TPSA) is 9.23 Å². The molecule has 0 fully saturated rings. The van der Waals surface area contributed by atoms with Crippen molar-refractivity contribution in [2.24, 2.45) is 29.6 Å². The number of hydrogen-bond donors (Lipinski definition) is 0. The Kier molecular flexibility index (Phi) is 7.73. The summed E-state index contributed by atoms with van der Waals surface area (Å²) in [6, 6.07) is 0. The highest BCUT2D eigenvalue weighted by molar-refractivity contribution is 5.31. The average Bonchev–Trinajstić information content (AvgIpc) is 2.47. The highest BCUT2D eigenvalue weighted by atomic mass is 16.5. The average molecular weight is 293 g/mol. The fourth-order valence-electron chi connectivity index (χ4n) is 3.77. The number of rotatable bonds is 4. The number of fused-ring (bicyclic) bond motifs is 1. The summed E-state index contributed by atoms with van der Waals surface area (Å²) in [6.07, 6.45) is 10.1. The molecule has 0 bridgehead atoms. The predicted molar refractivity (Wildman–Crippen MR) is 93.4 cm³/mol. The van der Waals surface area contributed by atoms with Gasteiger partial charge in [0.15, 0.2) is 0 Å². The maximum absolute atomic E-state index is 6.29. The Hall–Kier alpha value is -0.560. The highest BCUT2D eigenvalue weighted by Crippen LogP contribution is 2.44. The molecule has 0 aromatic heterocycles. The molecule has 2 unspecified atom stereocenters. The first-order chi connectivity index (χ1) is 10.0. The van der Waals surface area contributed by atoms with Crippen LogP contribution in [0.15, 0.2) is 23.8 Å². The van der Waals surface area contributed by atoms with Crippen molar-refractivity contribution in [3.8, 4) is 0 Å². The van der Waals surface area contributed by atoms with E-state index in [0.29, 0.717) is 29.8 Å². The summed E-state index contributed by atoms with van der Waals surface area (Å²) in [4.78, 5) is 0. The van der Waals surface area contributed by atoms with Crippen LogP contribution < -0.4 is 0 Å². The van der Waals surface area contributed by atoms with E-state index in [1.807, 2.05) is 13.8 Å². The van der Waals surface area contributed by atoms with Gasteiger partial charge in [-0.2, -0.15) is 0 Å². The molecule has 0 saturated heterocycles. The zero-order valence-corrected chi connectivity index (χ0v) is 15.2. The van der Waals surface area contributed by atoms with Crippen LogP contribution in [0.2, 0.25) is 0 Å². The summed E-state index contributed by atoms with van der Waals surface area (Å²) in [6.45, 7) is 16.4. The quantitative estimate of drug-likeness (QED) is 0.630. The van der Waals surface area contributed by atoms with Gasteiger partial charge < -0.3 is 4.74 Å². The van der Waals surface area contributed by atoms with Gasteiger partial charge in [-0.05, 0) is 35.7 Å². The van der Waals surface area contributed by atoms with Crippen LogP contribution in [-0.4, -0.2) is 12.7 Å². The van der Waals surface area contributed by atoms with E-state index in [9.17, 15) is 0 Å². The van der Waals surface area contributed by atoms with Crippen LogP contribution >= 0.6 is 0 Å². The molecule has 1 nitrogen and oxygen atoms in total. The van der Waals surface area contributed by atoms with Gasteiger partial charge in [-0.1, -0.05) is 73.1 Å². The Balaban J connectivity index is 0.00000106. The van der Waals surface area contributed by atoms with Crippen LogP contribution in [0.5, 0.6) is 0 Å². The van der Waals surface area contributed by atoms with Crippen molar-refractivity contribution < 1.29 is 4.74 Å². The largest absolute Gasteiger partial charge is 0.377 e. The smallest absolute Gasteiger partial charge is 0.0652 e. The third kappa shape index (κ3) is 4.71. The highest BCUT2D eigenvalue weighted by Gasteiger charge is 2.39. The molecule has 2 aliphatic carbocycles. The summed E-state index contributed by atoms with van der Waals surface area (Å²) in [7, 11) is 0. The van der Waals surface area contributed by atoms with Crippen molar-refractivity contribution >= 4 is 0 Å². The zero-order valence-electron chi connectivity index (χ0n) is 15.2. The van der Waals surface area contributed by atoms with Gasteiger partial charge in [-0.15, -0.1) is 0 Å². The van der Waals surface area contributed by atoms with Crippen molar-refractivity contribution in [3.63, 3.8) is 0 Å². The van der Waals surface area contributed by atoms with Gasteiger partial charge in [0.2, 0.25) is 0 Å². The summed E-state index contributed by atoms with van der Waals surface area (Å²) in [5, 5.41) is 0. The molecule has 0 spiro atoms. The lowest BCUT2D eigenvalue weighted by Crippen LogP contribution is -2.40. The van der Waals surface area contributed by atoms with E-state index >= 15 is 0 Å². The summed E-state index contributed by atoms with van der Waals surface area (Å²) < 4.78 is 6.29. The Morgan fingerprint density at radius 3 is 2.48 bits per heavy atom. The maximum atomic E-state index is 6.29. The standard InChI is InChI=1S/C18H30O.C2H6/c1-6-16-14(5)7-8-15-9-13(4)10-17(18(15)16)19-11-12(2)3;1-2/h7-9,12-14,16-18H,6,10-11H2,1-5H3;1-2H3/t13?,14-,16-,17?,18-;/m0./s1. The van der Waals surface area contributed by atoms with Gasteiger partial charge in [0.25, 0.3) is 0 Å². The molecule has 0 aromatic rings. The molecule has 2 rings (SSSR count). The minimum atomic E-state index is 0.426. The molecule has 5 atom stereocenters. The Bertz CT molecular complexity index is 353. The maximum Gasteiger partial charge on any atom is 0.0652 e. The minimum absolute atomic E-state index is 0.426. The molecule has 2 aliphatic rings. The lowest BCUT2D eigenvalue weighted by Gasteiger charge is -2.43. The predicted octanol–water partition coefficient (Wildman–Crippen LogP) is 5.87. The first kappa shape index (κ1) is 18.5. The molecule has 0 aromatic carbocycles. The summed E-state index contributed by atoms with van der Waals surface area (Å²) in [5.74, 6) is 3.34. The Morgan fingerprint density at radius 1 is 1.24 bits per heavy atom. The summed E-state index contributed by atoms with van der Waals surface area (Å²) in [5.41, 5.74) is 1.54. The van der Waals surface area contributed by atoms with Gasteiger partial charge in [0.05, 0.1) is 6.10 Å². The van der Waals surface area contributed by atoms with E-state index < -0.39 is 0 Å². The van der Waals surface area contributed by atoms with Crippen molar-refractivity contribution in [3.05, 3.63) is 23.8 Å². The first-order valence-corrected chi connectivity index (χ1v) is 9.04. The van der Waals surface area contributed by atoms with Crippen LogP contribution in [0.1, 0.15) is 61.3 Å². The Morgan fingerprint density at radius 2 is 1.90 bits per heavy atom. The van der Waals surface area contributed by atoms with E-state index in [-0.39, 0.29) is 0 Å². The van der Waals surface area contributed by atoms with Crippen molar-refractivity contribution in [2.45, 2.75) is 67.4 Å². The molecule has 0 N–H and O–H groups in total. The SMILES string of the molecule is CC.CC[C@@H]1[C@@H]2C(=CC(C)CC2OCC(C)C)C=C[C@@H]1C. The Labute approximate surface area is 132 Å². The van der Waals surface area contributed by atoms with E-state index in [1.165, 1.54) is 18.4 Å². The van der Waals surface area contributed by atoms with Crippen LogP contribution in [0.3, 0.4) is 0 Å². The van der Waals surface area contributed by atoms with E-state index in [1.54, 1.807) is 0 Å². The van der Waals surface area contributed by atoms with Crippen LogP contribution in [0, 0.1) is 29.6 Å². The third-order valence-corrected chi connectivity index (χ3v) is 4.71. The second-order valence-electron chi connectivity index (χ2n) is 6.96. The summed E-state index contributed by atoms with van der Waals surface area (Å²) >= 11 is 0. The zero-order chi connectivity index (χ0) is 16.0. The number of ether oxygens (including phenoxy) is 1. The molecule has 0 amide bonds. The minimum Gasteiger partial charge on any atom is -0.377 e. The monoisotopic (exact) mass is 292 g/mol. The molecule has 21 heavy (non-hydrogen) atoms. The van der Waals surface area contributed by atoms with Crippen LogP contribution in [-0.2, 0) is 4.74 Å². The van der Waals surface area contributed by atoms with E-state index in [0.717, 1.165) is 12.5 Å². The lowest BCUT2D eigenvalue weighted by atomic mass is 9.66. The van der Waals surface area contributed by atoms with Gasteiger partial charge in [-0.3, -0.25) is 0 Å². The molecule has 0 saturated carbocycles. The van der Waals surface area contributed by atoms with E-state index in [2.05, 4.69) is 52.8 Å². The van der Waals surface area contributed by atoms with Crippen molar-refractivity contribution in [2.75, 3.05) is 6.61 Å². The van der Waals surface area contributed by atoms with Gasteiger partial charge >= 0.3 is 0 Å². The van der Waals surface area contributed by atoms with Gasteiger partial charge in [0.1, 0.15) is 0 Å². The number of allylic oxidation sites excluding steroid dienone is 3. The molecule has 0 heterocycles. The molecule has 0 aliphatic heterocycles. The van der Waals surface area contributed by atoms with Crippen molar-refractivity contribution in [1.29, 1.82) is 0 Å². The van der Waals surface area contributed by atoms with Crippen molar-refractivity contribution in [1.82, 2.24) is 0 Å². The second kappa shape index (κ2) is 8.78. The van der Waals surface area contributed by atoms with Crippen LogP contribution in [0.25, 0.3) is 0 Å². The fraction of sp³-hybridized carbons (Fsp3) is 0.800. The molecular formula is C20H36O. The normalized spacial score (nSPS) is 34.9. The molecular weight excluding hydrogens is 256 g/mol. The molecule has 0 radical (unpaired) electrons. The molecule has 1 heteroatoms. The van der Waals surface area contributed by atoms with Gasteiger partial charge in [0, 0.05) is 12.5 Å².